The molecule has 5 aliphatic rings. The summed E-state index contributed by atoms with van der Waals surface area (Å²) in [6.07, 6.45) is -3.10. The van der Waals surface area contributed by atoms with Crippen LogP contribution in [0.2, 0.25) is 0 Å². The molecule has 0 saturated carbocycles. The van der Waals surface area contributed by atoms with Gasteiger partial charge in [0.1, 0.15) is 16.1 Å². The van der Waals surface area contributed by atoms with Crippen molar-refractivity contribution in [2.24, 2.45) is 0 Å². The van der Waals surface area contributed by atoms with Crippen LogP contribution < -0.4 is 18.9 Å². The number of alkyl halides is 3. The Morgan fingerprint density at radius 2 is 1.10 bits per heavy atom. The Hall–Kier alpha value is -3.96. The monoisotopic (exact) mass is 670 g/mol. The maximum absolute atomic E-state index is 14.3. The molecule has 0 N–H and O–H groups in total. The Labute approximate surface area is 283 Å². The third-order valence-electron chi connectivity index (χ3n) is 10.9. The van der Waals surface area contributed by atoms with Crippen LogP contribution in [0.3, 0.4) is 0 Å². The number of hydrogen-bond acceptors (Lipinski definition) is 5. The third-order valence-corrected chi connectivity index (χ3v) is 11.9. The van der Waals surface area contributed by atoms with Crippen LogP contribution in [0.5, 0.6) is 23.0 Å². The zero-order chi connectivity index (χ0) is 34.2. The number of thioether (sulfide) groups is 1. The summed E-state index contributed by atoms with van der Waals surface area (Å²) in [4.78, 5) is 1.21. The van der Waals surface area contributed by atoms with E-state index < -0.39 is 34.1 Å². The van der Waals surface area contributed by atoms with Crippen molar-refractivity contribution in [3.05, 3.63) is 110 Å². The fourth-order valence-electron chi connectivity index (χ4n) is 8.17. The summed E-state index contributed by atoms with van der Waals surface area (Å²) in [5.41, 5.74) is 6.48. The van der Waals surface area contributed by atoms with Gasteiger partial charge in [-0.1, -0.05) is 69.1 Å². The molecule has 4 nitrogen and oxygen atoms in total. The summed E-state index contributed by atoms with van der Waals surface area (Å²) >= 11 is 1.26. The van der Waals surface area contributed by atoms with Gasteiger partial charge in [-0.2, -0.15) is 13.2 Å². The van der Waals surface area contributed by atoms with Crippen LogP contribution in [-0.2, 0) is 16.2 Å². The summed E-state index contributed by atoms with van der Waals surface area (Å²) < 4.78 is 68.8. The maximum atomic E-state index is 14.3. The normalized spacial score (nSPS) is 24.5. The summed E-state index contributed by atoms with van der Waals surface area (Å²) in [5.74, 6) is 1.68. The topological polar surface area (TPSA) is 36.9 Å². The van der Waals surface area contributed by atoms with E-state index in [1.165, 1.54) is 17.3 Å². The van der Waals surface area contributed by atoms with Gasteiger partial charge in [-0.15, -0.1) is 0 Å². The predicted molar refractivity (Wildman–Crippen MR) is 179 cm³/mol. The Morgan fingerprint density at radius 3 is 1.65 bits per heavy atom. The molecule has 3 aliphatic carbocycles. The minimum absolute atomic E-state index is 0.00504. The SMILES string of the molecule is CC1(C)CC2(CC(C)(C)c3cc4c(cc32)OC(C)(C)C(C)(C)O4)c2cc3c(cc21)OC1=C(O3)C(C(F)(F)F)=C=C=C1Sc1ccccc1. The van der Waals surface area contributed by atoms with Crippen LogP contribution in [0.15, 0.2) is 93.0 Å². The lowest BCUT2D eigenvalue weighted by Gasteiger charge is -2.46. The summed E-state index contributed by atoms with van der Waals surface area (Å²) in [6.45, 7) is 17.1. The zero-order valence-electron chi connectivity index (χ0n) is 28.3. The van der Waals surface area contributed by atoms with Crippen LogP contribution in [0.1, 0.15) is 90.5 Å². The van der Waals surface area contributed by atoms with E-state index in [1.54, 1.807) is 0 Å². The number of ether oxygens (including phenoxy) is 4. The number of halogens is 3. The number of fused-ring (bicyclic) bond motifs is 6. The van der Waals surface area contributed by atoms with Crippen molar-refractivity contribution in [3.63, 3.8) is 0 Å². The van der Waals surface area contributed by atoms with Crippen molar-refractivity contribution in [1.82, 2.24) is 0 Å². The molecule has 0 aromatic heterocycles. The van der Waals surface area contributed by atoms with Crippen molar-refractivity contribution >= 4 is 11.8 Å². The highest BCUT2D eigenvalue weighted by molar-refractivity contribution is 8.03. The fourth-order valence-corrected chi connectivity index (χ4v) is 9.03. The van der Waals surface area contributed by atoms with E-state index in [4.69, 9.17) is 18.9 Å². The van der Waals surface area contributed by atoms with Crippen molar-refractivity contribution < 1.29 is 32.1 Å². The molecule has 0 amide bonds. The first-order valence-corrected chi connectivity index (χ1v) is 17.1. The van der Waals surface area contributed by atoms with Gasteiger partial charge in [-0.3, -0.25) is 0 Å². The molecule has 0 saturated heterocycles. The van der Waals surface area contributed by atoms with Crippen molar-refractivity contribution in [2.75, 3.05) is 0 Å². The molecule has 2 aliphatic heterocycles. The molecule has 8 rings (SSSR count). The van der Waals surface area contributed by atoms with E-state index in [1.807, 2.05) is 70.2 Å². The lowest BCUT2D eigenvalue weighted by atomic mass is 9.72. The molecule has 2 heterocycles. The van der Waals surface area contributed by atoms with Gasteiger partial charge in [0.15, 0.2) is 40.1 Å². The van der Waals surface area contributed by atoms with Crippen LogP contribution in [0.25, 0.3) is 0 Å². The third kappa shape index (κ3) is 4.46. The number of allylic oxidation sites excluding steroid dienone is 1. The van der Waals surface area contributed by atoms with Gasteiger partial charge < -0.3 is 18.9 Å². The summed E-state index contributed by atoms with van der Waals surface area (Å²) in [7, 11) is 0. The average molecular weight is 671 g/mol. The lowest BCUT2D eigenvalue weighted by molar-refractivity contribution is -0.0992. The minimum Gasteiger partial charge on any atom is -0.480 e. The van der Waals surface area contributed by atoms with Crippen LogP contribution in [-0.4, -0.2) is 17.4 Å². The predicted octanol–water partition coefficient (Wildman–Crippen LogP) is 10.6. The van der Waals surface area contributed by atoms with Gasteiger partial charge in [0.2, 0.25) is 0 Å². The molecule has 1 atom stereocenters. The maximum Gasteiger partial charge on any atom is 0.427 e. The molecule has 3 aromatic carbocycles. The zero-order valence-corrected chi connectivity index (χ0v) is 29.1. The largest absolute Gasteiger partial charge is 0.480 e. The molecule has 3 aromatic rings. The van der Waals surface area contributed by atoms with Gasteiger partial charge in [-0.05, 0) is 110 Å². The molecule has 48 heavy (non-hydrogen) atoms. The number of rotatable bonds is 2. The summed E-state index contributed by atoms with van der Waals surface area (Å²) in [6, 6.07) is 17.6. The Balaban J connectivity index is 1.26. The van der Waals surface area contributed by atoms with Crippen LogP contribution in [0, 0.1) is 0 Å². The average Bonchev–Trinajstić information content (AvgIpc) is 3.33. The van der Waals surface area contributed by atoms with E-state index in [-0.39, 0.29) is 22.3 Å². The molecule has 8 heteroatoms. The van der Waals surface area contributed by atoms with Gasteiger partial charge in [0, 0.05) is 10.3 Å². The highest BCUT2D eigenvalue weighted by Crippen LogP contribution is 2.66. The highest BCUT2D eigenvalue weighted by atomic mass is 32.2. The fraction of sp³-hybridized carbons (Fsp3) is 0.400. The molecule has 0 radical (unpaired) electrons. The van der Waals surface area contributed by atoms with Crippen molar-refractivity contribution in [3.8, 4) is 23.0 Å². The second kappa shape index (κ2) is 9.59. The summed E-state index contributed by atoms with van der Waals surface area (Å²) in [5, 5.41) is 0. The smallest absolute Gasteiger partial charge is 0.427 e. The van der Waals surface area contributed by atoms with Gasteiger partial charge in [-0.25, -0.2) is 0 Å². The molecular weight excluding hydrogens is 633 g/mol. The van der Waals surface area contributed by atoms with E-state index in [9.17, 15) is 13.2 Å². The minimum atomic E-state index is -4.71. The first-order chi connectivity index (χ1) is 22.3. The molecule has 0 bridgehead atoms. The van der Waals surface area contributed by atoms with Crippen molar-refractivity contribution in [2.45, 2.75) is 107 Å². The van der Waals surface area contributed by atoms with Crippen LogP contribution in [0.4, 0.5) is 13.2 Å². The molecular formula is C40H37F3O4S. The highest BCUT2D eigenvalue weighted by Gasteiger charge is 2.58. The first kappa shape index (κ1) is 31.3. The second-order valence-corrected chi connectivity index (χ2v) is 16.9. The Morgan fingerprint density at radius 1 is 0.625 bits per heavy atom. The van der Waals surface area contributed by atoms with Crippen molar-refractivity contribution in [1.29, 1.82) is 0 Å². The Kier molecular flexibility index (Phi) is 6.26. The quantitative estimate of drug-likeness (QED) is 0.254. The molecule has 1 unspecified atom stereocenters. The number of hydrogen-bond donors (Lipinski definition) is 0. The number of benzene rings is 3. The standard InChI is InChI=1S/C40H37F3O4S/c1-35(2)20-39(21-36(3,4)25-17-30-31(19-27(25)39)47-38(7,8)37(5,6)46-30)26-18-29-28(16-24(26)35)45-34-32(48-22-12-10-9-11-13-22)15-14-23(33(34)44-29)40(41,42)43/h9-13,16-19H,20-21H2,1-8H3. The van der Waals surface area contributed by atoms with Crippen LogP contribution >= 0.6 is 11.8 Å². The van der Waals surface area contributed by atoms with E-state index in [0.717, 1.165) is 40.2 Å². The van der Waals surface area contributed by atoms with E-state index in [0.29, 0.717) is 16.4 Å². The van der Waals surface area contributed by atoms with Gasteiger partial charge >= 0.3 is 6.18 Å². The second-order valence-electron chi connectivity index (χ2n) is 15.8. The molecule has 1 spiro atoms. The molecule has 0 fully saturated rings. The van der Waals surface area contributed by atoms with Gasteiger partial charge in [0.25, 0.3) is 0 Å². The first-order valence-electron chi connectivity index (χ1n) is 16.2. The Bertz CT molecular complexity index is 2070. The molecule has 248 valence electrons. The van der Waals surface area contributed by atoms with E-state index >= 15 is 0 Å². The van der Waals surface area contributed by atoms with Gasteiger partial charge in [0.05, 0.1) is 0 Å². The lowest BCUT2D eigenvalue weighted by Crippen LogP contribution is -2.56. The van der Waals surface area contributed by atoms with E-state index in [2.05, 4.69) is 51.3 Å².